The van der Waals surface area contributed by atoms with Crippen LogP contribution in [-0.2, 0) is 0 Å². The summed E-state index contributed by atoms with van der Waals surface area (Å²) < 4.78 is 5.59. The van der Waals surface area contributed by atoms with Gasteiger partial charge in [-0.2, -0.15) is 0 Å². The highest BCUT2D eigenvalue weighted by atomic mass is 32.1. The third-order valence-electron chi connectivity index (χ3n) is 4.22. The molecule has 1 heterocycles. The average molecular weight is 369 g/mol. The summed E-state index contributed by atoms with van der Waals surface area (Å²) in [4.78, 5) is 14.3. The van der Waals surface area contributed by atoms with Gasteiger partial charge in [-0.3, -0.25) is 4.79 Å². The van der Waals surface area contributed by atoms with Gasteiger partial charge >= 0.3 is 0 Å². The average Bonchev–Trinajstić information content (AvgIpc) is 3.18. The first-order valence-corrected chi connectivity index (χ1v) is 9.27. The van der Waals surface area contributed by atoms with E-state index in [1.165, 1.54) is 0 Å². The molecule has 1 amide bonds. The van der Waals surface area contributed by atoms with Crippen LogP contribution in [0.2, 0.25) is 0 Å². The van der Waals surface area contributed by atoms with E-state index in [-0.39, 0.29) is 5.91 Å². The normalized spacial score (nSPS) is 13.3. The number of rotatable bonds is 5. The van der Waals surface area contributed by atoms with Crippen molar-refractivity contribution in [3.05, 3.63) is 54.1 Å². The van der Waals surface area contributed by atoms with Crippen LogP contribution in [0.15, 0.2) is 48.5 Å². The predicted octanol–water partition coefficient (Wildman–Crippen LogP) is 4.13. The summed E-state index contributed by atoms with van der Waals surface area (Å²) in [5.74, 6) is 0.853. The monoisotopic (exact) mass is 369 g/mol. The lowest BCUT2D eigenvalue weighted by Crippen LogP contribution is -2.27. The third-order valence-corrected chi connectivity index (χ3v) is 4.42. The lowest BCUT2D eigenvalue weighted by molar-refractivity contribution is 0.0793. The number of hydrogen-bond donors (Lipinski definition) is 2. The van der Waals surface area contributed by atoms with E-state index >= 15 is 0 Å². The Hall–Kier alpha value is -2.60. The number of hydrogen-bond acceptors (Lipinski definition) is 3. The molecule has 0 unspecified atom stereocenters. The minimum absolute atomic E-state index is 0.0976. The first-order chi connectivity index (χ1) is 12.7. The molecule has 26 heavy (non-hydrogen) atoms. The Morgan fingerprint density at radius 2 is 1.77 bits per heavy atom. The van der Waals surface area contributed by atoms with E-state index < -0.39 is 0 Å². The molecule has 2 aromatic rings. The second kappa shape index (κ2) is 8.67. The van der Waals surface area contributed by atoms with Gasteiger partial charge in [-0.05, 0) is 68.4 Å². The lowest BCUT2D eigenvalue weighted by atomic mass is 10.2. The molecule has 0 radical (unpaired) electrons. The van der Waals surface area contributed by atoms with Gasteiger partial charge in [0.15, 0.2) is 5.11 Å². The largest absolute Gasteiger partial charge is 0.492 e. The van der Waals surface area contributed by atoms with Crippen molar-refractivity contribution < 1.29 is 9.53 Å². The van der Waals surface area contributed by atoms with Gasteiger partial charge in [0.25, 0.3) is 5.91 Å². The van der Waals surface area contributed by atoms with Crippen molar-refractivity contribution in [1.82, 2.24) is 4.90 Å². The van der Waals surface area contributed by atoms with Gasteiger partial charge < -0.3 is 20.3 Å². The van der Waals surface area contributed by atoms with Crippen LogP contribution in [0.4, 0.5) is 11.4 Å². The van der Waals surface area contributed by atoms with Crippen LogP contribution in [0.25, 0.3) is 0 Å². The van der Waals surface area contributed by atoms with Gasteiger partial charge in [0.2, 0.25) is 0 Å². The van der Waals surface area contributed by atoms with Crippen LogP contribution in [0, 0.1) is 0 Å². The fourth-order valence-electron chi connectivity index (χ4n) is 2.93. The SMILES string of the molecule is CCOc1ccccc1NC(=S)Nc1ccc(C(=O)N2CCCC2)cc1. The van der Waals surface area contributed by atoms with Gasteiger partial charge in [-0.15, -0.1) is 0 Å². The van der Waals surface area contributed by atoms with Crippen LogP contribution in [0.5, 0.6) is 5.75 Å². The molecule has 2 aromatic carbocycles. The fraction of sp³-hybridized carbons (Fsp3) is 0.300. The molecule has 1 fully saturated rings. The van der Waals surface area contributed by atoms with Gasteiger partial charge in [-0.1, -0.05) is 12.1 Å². The Labute approximate surface area is 159 Å². The van der Waals surface area contributed by atoms with E-state index in [0.29, 0.717) is 17.3 Å². The maximum absolute atomic E-state index is 12.4. The standard InChI is InChI=1S/C20H23N3O2S/c1-2-25-18-8-4-3-7-17(18)22-20(26)21-16-11-9-15(10-12-16)19(24)23-13-5-6-14-23/h3-4,7-12H,2,5-6,13-14H2,1H3,(H2,21,22,26). The Morgan fingerprint density at radius 3 is 2.46 bits per heavy atom. The summed E-state index contributed by atoms with van der Waals surface area (Å²) in [6, 6.07) is 15.1. The molecule has 3 rings (SSSR count). The first-order valence-electron chi connectivity index (χ1n) is 8.86. The number of likely N-dealkylation sites (tertiary alicyclic amines) is 1. The summed E-state index contributed by atoms with van der Waals surface area (Å²) in [7, 11) is 0. The highest BCUT2D eigenvalue weighted by molar-refractivity contribution is 7.80. The second-order valence-electron chi connectivity index (χ2n) is 6.08. The highest BCUT2D eigenvalue weighted by Gasteiger charge is 2.19. The van der Waals surface area contributed by atoms with E-state index in [0.717, 1.165) is 43.1 Å². The number of ether oxygens (including phenoxy) is 1. The van der Waals surface area contributed by atoms with Crippen LogP contribution in [0.3, 0.4) is 0 Å². The number of anilines is 2. The molecule has 136 valence electrons. The maximum Gasteiger partial charge on any atom is 0.253 e. The summed E-state index contributed by atoms with van der Waals surface area (Å²) >= 11 is 5.38. The van der Waals surface area contributed by atoms with Crippen LogP contribution in [0.1, 0.15) is 30.1 Å². The highest BCUT2D eigenvalue weighted by Crippen LogP contribution is 2.24. The molecule has 1 saturated heterocycles. The zero-order chi connectivity index (χ0) is 18.4. The van der Waals surface area contributed by atoms with Crippen LogP contribution in [-0.4, -0.2) is 35.6 Å². The minimum atomic E-state index is 0.0976. The molecule has 0 spiro atoms. The second-order valence-corrected chi connectivity index (χ2v) is 6.49. The molecule has 0 bridgehead atoms. The topological polar surface area (TPSA) is 53.6 Å². The Balaban J connectivity index is 1.60. The van der Waals surface area contributed by atoms with Gasteiger partial charge in [-0.25, -0.2) is 0 Å². The van der Waals surface area contributed by atoms with E-state index in [9.17, 15) is 4.79 Å². The number of nitrogens with zero attached hydrogens (tertiary/aromatic N) is 1. The van der Waals surface area contributed by atoms with Crippen molar-refractivity contribution in [3.63, 3.8) is 0 Å². The number of carbonyl (C=O) groups excluding carboxylic acids is 1. The first kappa shape index (κ1) is 18.2. The zero-order valence-corrected chi connectivity index (χ0v) is 15.6. The van der Waals surface area contributed by atoms with Crippen molar-refractivity contribution in [1.29, 1.82) is 0 Å². The molecule has 0 aliphatic carbocycles. The summed E-state index contributed by atoms with van der Waals surface area (Å²) in [5.41, 5.74) is 2.35. The molecule has 0 atom stereocenters. The number of nitrogens with one attached hydrogen (secondary N) is 2. The molecule has 2 N–H and O–H groups in total. The van der Waals surface area contributed by atoms with Gasteiger partial charge in [0.05, 0.1) is 12.3 Å². The van der Waals surface area contributed by atoms with Gasteiger partial charge in [0, 0.05) is 24.3 Å². The van der Waals surface area contributed by atoms with Crippen molar-refractivity contribution in [3.8, 4) is 5.75 Å². The molecule has 5 nitrogen and oxygen atoms in total. The number of thiocarbonyl (C=S) groups is 1. The van der Waals surface area contributed by atoms with E-state index in [4.69, 9.17) is 17.0 Å². The van der Waals surface area contributed by atoms with E-state index in [2.05, 4.69) is 10.6 Å². The number of amides is 1. The number of benzene rings is 2. The molecule has 1 aliphatic heterocycles. The number of carbonyl (C=O) groups is 1. The van der Waals surface area contributed by atoms with Crippen LogP contribution < -0.4 is 15.4 Å². The minimum Gasteiger partial charge on any atom is -0.492 e. The fourth-order valence-corrected chi connectivity index (χ4v) is 3.16. The quantitative estimate of drug-likeness (QED) is 0.776. The van der Waals surface area contributed by atoms with E-state index in [1.807, 2.05) is 60.4 Å². The van der Waals surface area contributed by atoms with Crippen molar-refractivity contribution in [2.24, 2.45) is 0 Å². The predicted molar refractivity (Wildman–Crippen MR) is 109 cm³/mol. The third kappa shape index (κ3) is 4.52. The molecule has 1 aliphatic rings. The molecule has 6 heteroatoms. The smallest absolute Gasteiger partial charge is 0.253 e. The lowest BCUT2D eigenvalue weighted by Gasteiger charge is -2.16. The van der Waals surface area contributed by atoms with Crippen LogP contribution >= 0.6 is 12.2 Å². The summed E-state index contributed by atoms with van der Waals surface area (Å²) in [6.07, 6.45) is 2.18. The zero-order valence-electron chi connectivity index (χ0n) is 14.8. The van der Waals surface area contributed by atoms with Crippen molar-refractivity contribution in [2.75, 3.05) is 30.3 Å². The van der Waals surface area contributed by atoms with Crippen molar-refractivity contribution in [2.45, 2.75) is 19.8 Å². The summed E-state index contributed by atoms with van der Waals surface area (Å²) in [5, 5.41) is 6.75. The van der Waals surface area contributed by atoms with Gasteiger partial charge in [0.1, 0.15) is 5.75 Å². The Kier molecular flexibility index (Phi) is 6.07. The Bertz CT molecular complexity index is 771. The summed E-state index contributed by atoms with van der Waals surface area (Å²) in [6.45, 7) is 4.24. The van der Waals surface area contributed by atoms with Crippen molar-refractivity contribution >= 4 is 34.6 Å². The molecule has 0 aromatic heterocycles. The maximum atomic E-state index is 12.4. The molecule has 0 saturated carbocycles. The molecular formula is C20H23N3O2S. The molecular weight excluding hydrogens is 346 g/mol. The number of para-hydroxylation sites is 2. The Morgan fingerprint density at radius 1 is 1.08 bits per heavy atom. The van der Waals surface area contributed by atoms with E-state index in [1.54, 1.807) is 0 Å².